The van der Waals surface area contributed by atoms with Crippen molar-refractivity contribution >= 4 is 40.4 Å². The first kappa shape index (κ1) is 15.1. The Kier molecular flexibility index (Phi) is 4.30. The summed E-state index contributed by atoms with van der Waals surface area (Å²) in [5.41, 5.74) is 1.99. The van der Waals surface area contributed by atoms with Crippen LogP contribution in [0.5, 0.6) is 5.75 Å². The van der Waals surface area contributed by atoms with Gasteiger partial charge in [0.05, 0.1) is 12.1 Å². The van der Waals surface area contributed by atoms with Crippen molar-refractivity contribution in [3.8, 4) is 5.75 Å². The minimum absolute atomic E-state index is 0.312. The minimum Gasteiger partial charge on any atom is -0.495 e. The maximum absolute atomic E-state index is 11.9. The van der Waals surface area contributed by atoms with Crippen LogP contribution in [0.15, 0.2) is 53.0 Å². The number of nitrogens with one attached hydrogen (secondary N) is 1. The number of hydrogen-bond acceptors (Lipinski definition) is 4. The van der Waals surface area contributed by atoms with Crippen molar-refractivity contribution in [3.05, 3.63) is 59.5 Å². The molecule has 6 heteroatoms. The third-order valence-corrected chi connectivity index (χ3v) is 3.40. The maximum atomic E-state index is 11.9. The third kappa shape index (κ3) is 3.52. The monoisotopic (exact) mass is 328 g/mol. The molecule has 5 nitrogen and oxygen atoms in total. The molecule has 1 amide bonds. The van der Waals surface area contributed by atoms with Gasteiger partial charge >= 0.3 is 0 Å². The molecule has 3 rings (SSSR count). The number of para-hydroxylation sites is 2. The number of carbonyl (C=O) groups is 1. The number of ether oxygens (including phenoxy) is 1. The number of methoxy groups -OCH3 is 1. The zero-order valence-electron chi connectivity index (χ0n) is 12.2. The smallest absolute Gasteiger partial charge is 0.248 e. The van der Waals surface area contributed by atoms with E-state index in [9.17, 15) is 4.79 Å². The molecule has 1 heterocycles. The number of amides is 1. The molecule has 0 saturated carbocycles. The zero-order chi connectivity index (χ0) is 16.2. The second-order valence-electron chi connectivity index (χ2n) is 4.69. The van der Waals surface area contributed by atoms with Crippen LogP contribution in [0, 0.1) is 0 Å². The third-order valence-electron chi connectivity index (χ3n) is 3.11. The summed E-state index contributed by atoms with van der Waals surface area (Å²) in [7, 11) is 1.53. The zero-order valence-corrected chi connectivity index (χ0v) is 13.0. The highest BCUT2D eigenvalue weighted by atomic mass is 35.5. The van der Waals surface area contributed by atoms with E-state index in [1.807, 2.05) is 24.3 Å². The number of fused-ring (bicyclic) bond motifs is 1. The van der Waals surface area contributed by atoms with Gasteiger partial charge in [-0.1, -0.05) is 23.7 Å². The number of anilines is 1. The standard InChI is InChI=1S/C17H13ClN2O3/c1-22-14-7-6-11(10-12(14)18)19-16(21)8-9-17-20-13-4-2-3-5-15(13)23-17/h2-10H,1H3,(H,19,21)/b9-8+. The molecule has 2 aromatic carbocycles. The molecule has 0 fully saturated rings. The number of halogens is 1. The molecule has 23 heavy (non-hydrogen) atoms. The lowest BCUT2D eigenvalue weighted by molar-refractivity contribution is -0.111. The van der Waals surface area contributed by atoms with Crippen molar-refractivity contribution in [2.75, 3.05) is 12.4 Å². The molecule has 3 aromatic rings. The van der Waals surface area contributed by atoms with Gasteiger partial charge in [0, 0.05) is 17.8 Å². The quantitative estimate of drug-likeness (QED) is 0.731. The van der Waals surface area contributed by atoms with Gasteiger partial charge in [-0.05, 0) is 30.3 Å². The predicted octanol–water partition coefficient (Wildman–Crippen LogP) is 4.14. The van der Waals surface area contributed by atoms with Gasteiger partial charge in [0.15, 0.2) is 5.58 Å². The lowest BCUT2D eigenvalue weighted by atomic mass is 10.3. The molecule has 0 spiro atoms. The Hall–Kier alpha value is -2.79. The van der Waals surface area contributed by atoms with Crippen molar-refractivity contribution in [1.29, 1.82) is 0 Å². The normalized spacial score (nSPS) is 11.0. The van der Waals surface area contributed by atoms with Crippen LogP contribution in [0.2, 0.25) is 5.02 Å². The van der Waals surface area contributed by atoms with Gasteiger partial charge < -0.3 is 14.5 Å². The Bertz CT molecular complexity index is 853. The van der Waals surface area contributed by atoms with E-state index in [0.29, 0.717) is 27.9 Å². The van der Waals surface area contributed by atoms with E-state index in [1.54, 1.807) is 18.2 Å². The number of benzene rings is 2. The summed E-state index contributed by atoms with van der Waals surface area (Å²) in [6.07, 6.45) is 2.86. The van der Waals surface area contributed by atoms with Crippen molar-refractivity contribution in [2.24, 2.45) is 0 Å². The number of rotatable bonds is 4. The average Bonchev–Trinajstić information content (AvgIpc) is 2.96. The fourth-order valence-electron chi connectivity index (χ4n) is 2.04. The van der Waals surface area contributed by atoms with Crippen LogP contribution in [-0.2, 0) is 4.79 Å². The summed E-state index contributed by atoms with van der Waals surface area (Å²) < 4.78 is 10.6. The Morgan fingerprint density at radius 1 is 1.30 bits per heavy atom. The lowest BCUT2D eigenvalue weighted by Gasteiger charge is -2.06. The van der Waals surface area contributed by atoms with E-state index in [4.69, 9.17) is 20.8 Å². The summed E-state index contributed by atoms with van der Waals surface area (Å²) in [5, 5.41) is 3.13. The molecule has 1 N–H and O–H groups in total. The Balaban J connectivity index is 1.70. The molecule has 0 bridgehead atoms. The van der Waals surface area contributed by atoms with E-state index in [2.05, 4.69) is 10.3 Å². The van der Waals surface area contributed by atoms with Crippen molar-refractivity contribution in [2.45, 2.75) is 0 Å². The summed E-state index contributed by atoms with van der Waals surface area (Å²) >= 11 is 6.01. The van der Waals surface area contributed by atoms with Gasteiger partial charge in [0.1, 0.15) is 11.3 Å². The molecule has 0 aliphatic rings. The molecular weight excluding hydrogens is 316 g/mol. The van der Waals surface area contributed by atoms with Gasteiger partial charge in [-0.15, -0.1) is 0 Å². The number of oxazole rings is 1. The van der Waals surface area contributed by atoms with Crippen LogP contribution in [-0.4, -0.2) is 18.0 Å². The Labute approximate surface area is 137 Å². The van der Waals surface area contributed by atoms with Gasteiger partial charge in [0.25, 0.3) is 0 Å². The second kappa shape index (κ2) is 6.54. The van der Waals surface area contributed by atoms with Gasteiger partial charge in [-0.2, -0.15) is 0 Å². The number of nitrogens with zero attached hydrogens (tertiary/aromatic N) is 1. The minimum atomic E-state index is -0.312. The van der Waals surface area contributed by atoms with Crippen LogP contribution >= 0.6 is 11.6 Å². The first-order valence-corrected chi connectivity index (χ1v) is 7.21. The fraction of sp³-hybridized carbons (Fsp3) is 0.0588. The van der Waals surface area contributed by atoms with E-state index < -0.39 is 0 Å². The topological polar surface area (TPSA) is 64.4 Å². The largest absolute Gasteiger partial charge is 0.495 e. The van der Waals surface area contributed by atoms with E-state index in [0.717, 1.165) is 5.52 Å². The summed E-state index contributed by atoms with van der Waals surface area (Å²) in [6, 6.07) is 12.4. The second-order valence-corrected chi connectivity index (χ2v) is 5.10. The highest BCUT2D eigenvalue weighted by Crippen LogP contribution is 2.27. The molecular formula is C17H13ClN2O3. The van der Waals surface area contributed by atoms with E-state index in [-0.39, 0.29) is 5.91 Å². The van der Waals surface area contributed by atoms with E-state index in [1.165, 1.54) is 19.3 Å². The molecule has 0 saturated heterocycles. The van der Waals surface area contributed by atoms with Crippen molar-refractivity contribution in [3.63, 3.8) is 0 Å². The highest BCUT2D eigenvalue weighted by Gasteiger charge is 2.05. The molecule has 0 unspecified atom stereocenters. The van der Waals surface area contributed by atoms with Gasteiger partial charge in [0.2, 0.25) is 11.8 Å². The number of carbonyl (C=O) groups excluding carboxylic acids is 1. The molecule has 0 atom stereocenters. The summed E-state index contributed by atoms with van der Waals surface area (Å²) in [4.78, 5) is 16.2. The van der Waals surface area contributed by atoms with Crippen molar-refractivity contribution in [1.82, 2.24) is 4.98 Å². The number of hydrogen-bond donors (Lipinski definition) is 1. The Morgan fingerprint density at radius 2 is 2.13 bits per heavy atom. The number of aromatic nitrogens is 1. The summed E-state index contributed by atoms with van der Waals surface area (Å²) in [5.74, 6) is 0.606. The lowest BCUT2D eigenvalue weighted by Crippen LogP contribution is -2.07. The maximum Gasteiger partial charge on any atom is 0.248 e. The highest BCUT2D eigenvalue weighted by molar-refractivity contribution is 6.32. The van der Waals surface area contributed by atoms with Crippen LogP contribution in [0.4, 0.5) is 5.69 Å². The summed E-state index contributed by atoms with van der Waals surface area (Å²) in [6.45, 7) is 0. The first-order valence-electron chi connectivity index (χ1n) is 6.84. The van der Waals surface area contributed by atoms with Crippen molar-refractivity contribution < 1.29 is 13.9 Å². The molecule has 0 aliphatic heterocycles. The SMILES string of the molecule is COc1ccc(NC(=O)/C=C/c2nc3ccccc3o2)cc1Cl. The van der Waals surface area contributed by atoms with Crippen LogP contribution in [0.1, 0.15) is 5.89 Å². The van der Waals surface area contributed by atoms with Crippen LogP contribution < -0.4 is 10.1 Å². The first-order chi connectivity index (χ1) is 11.2. The van der Waals surface area contributed by atoms with Crippen LogP contribution in [0.25, 0.3) is 17.2 Å². The van der Waals surface area contributed by atoms with Gasteiger partial charge in [-0.25, -0.2) is 4.98 Å². The molecule has 116 valence electrons. The Morgan fingerprint density at radius 3 is 2.87 bits per heavy atom. The molecule has 0 aliphatic carbocycles. The van der Waals surface area contributed by atoms with Gasteiger partial charge in [-0.3, -0.25) is 4.79 Å². The fourth-order valence-corrected chi connectivity index (χ4v) is 2.29. The molecule has 0 radical (unpaired) electrons. The van der Waals surface area contributed by atoms with Crippen LogP contribution in [0.3, 0.4) is 0 Å². The van der Waals surface area contributed by atoms with E-state index >= 15 is 0 Å². The average molecular weight is 329 g/mol. The predicted molar refractivity (Wildman–Crippen MR) is 89.7 cm³/mol. The molecule has 1 aromatic heterocycles.